The van der Waals surface area contributed by atoms with Crippen molar-refractivity contribution in [3.8, 4) is 5.75 Å². The molecule has 2 aromatic rings. The SMILES string of the molecule is Cc1cc(C)c(NC(=O)CCNc2ccccc2OC(C)C)c(Cl)c1. The third-order valence-corrected chi connectivity index (χ3v) is 3.91. The molecule has 0 heterocycles. The van der Waals surface area contributed by atoms with Crippen molar-refractivity contribution in [3.05, 3.63) is 52.5 Å². The van der Waals surface area contributed by atoms with E-state index in [1.54, 1.807) is 0 Å². The zero-order valence-corrected chi connectivity index (χ0v) is 15.9. The fourth-order valence-electron chi connectivity index (χ4n) is 2.56. The van der Waals surface area contributed by atoms with Gasteiger partial charge in [-0.25, -0.2) is 0 Å². The molecule has 1 amide bonds. The lowest BCUT2D eigenvalue weighted by Crippen LogP contribution is -2.17. The van der Waals surface area contributed by atoms with Gasteiger partial charge >= 0.3 is 0 Å². The maximum absolute atomic E-state index is 12.2. The van der Waals surface area contributed by atoms with Gasteiger partial charge in [0.05, 0.1) is 22.5 Å². The Morgan fingerprint density at radius 1 is 1.20 bits per heavy atom. The van der Waals surface area contributed by atoms with E-state index in [2.05, 4.69) is 10.6 Å². The molecule has 0 atom stereocenters. The Morgan fingerprint density at radius 2 is 1.92 bits per heavy atom. The van der Waals surface area contributed by atoms with Gasteiger partial charge in [-0.1, -0.05) is 29.8 Å². The third kappa shape index (κ3) is 5.68. The Kier molecular flexibility index (Phi) is 6.71. The van der Waals surface area contributed by atoms with Crippen molar-refractivity contribution in [1.82, 2.24) is 0 Å². The molecule has 0 bridgehead atoms. The molecule has 25 heavy (non-hydrogen) atoms. The number of anilines is 2. The molecule has 0 spiro atoms. The number of carbonyl (C=O) groups excluding carboxylic acids is 1. The highest BCUT2D eigenvalue weighted by molar-refractivity contribution is 6.34. The molecule has 0 aliphatic heterocycles. The van der Waals surface area contributed by atoms with E-state index in [0.717, 1.165) is 22.6 Å². The molecule has 0 radical (unpaired) electrons. The summed E-state index contributed by atoms with van der Waals surface area (Å²) < 4.78 is 5.76. The number of para-hydroxylation sites is 2. The Labute approximate surface area is 154 Å². The van der Waals surface area contributed by atoms with E-state index in [1.165, 1.54) is 0 Å². The van der Waals surface area contributed by atoms with Crippen LogP contribution in [0.25, 0.3) is 0 Å². The monoisotopic (exact) mass is 360 g/mol. The molecule has 0 unspecified atom stereocenters. The summed E-state index contributed by atoms with van der Waals surface area (Å²) in [7, 11) is 0. The summed E-state index contributed by atoms with van der Waals surface area (Å²) in [5.41, 5.74) is 3.60. The van der Waals surface area contributed by atoms with Crippen LogP contribution < -0.4 is 15.4 Å². The topological polar surface area (TPSA) is 50.4 Å². The highest BCUT2D eigenvalue weighted by Crippen LogP contribution is 2.28. The molecule has 2 N–H and O–H groups in total. The predicted molar refractivity (Wildman–Crippen MR) is 105 cm³/mol. The largest absolute Gasteiger partial charge is 0.489 e. The maximum Gasteiger partial charge on any atom is 0.226 e. The molecule has 0 aliphatic carbocycles. The number of aryl methyl sites for hydroxylation is 2. The van der Waals surface area contributed by atoms with Crippen LogP contribution in [0.15, 0.2) is 36.4 Å². The zero-order valence-electron chi connectivity index (χ0n) is 15.2. The fraction of sp³-hybridized carbons (Fsp3) is 0.350. The van der Waals surface area contributed by atoms with Crippen LogP contribution in [-0.4, -0.2) is 18.6 Å². The number of carbonyl (C=O) groups is 1. The van der Waals surface area contributed by atoms with Gasteiger partial charge in [0.1, 0.15) is 5.75 Å². The van der Waals surface area contributed by atoms with Gasteiger partial charge in [-0.05, 0) is 57.0 Å². The minimum atomic E-state index is -0.0800. The number of halogens is 1. The lowest BCUT2D eigenvalue weighted by atomic mass is 10.1. The van der Waals surface area contributed by atoms with E-state index in [1.807, 2.05) is 64.1 Å². The molecule has 2 rings (SSSR count). The van der Waals surface area contributed by atoms with Crippen molar-refractivity contribution in [2.24, 2.45) is 0 Å². The van der Waals surface area contributed by atoms with Crippen LogP contribution in [0, 0.1) is 13.8 Å². The number of rotatable bonds is 7. The summed E-state index contributed by atoms with van der Waals surface area (Å²) in [5.74, 6) is 0.707. The van der Waals surface area contributed by atoms with Gasteiger partial charge in [-0.3, -0.25) is 4.79 Å². The Bertz CT molecular complexity index is 721. The average molecular weight is 361 g/mol. The molecule has 0 aliphatic rings. The van der Waals surface area contributed by atoms with Gasteiger partial charge in [-0.2, -0.15) is 0 Å². The molecule has 0 aromatic heterocycles. The normalized spacial score (nSPS) is 10.6. The van der Waals surface area contributed by atoms with Gasteiger partial charge < -0.3 is 15.4 Å². The summed E-state index contributed by atoms with van der Waals surface area (Å²) in [6.07, 6.45) is 0.428. The molecule has 5 heteroatoms. The van der Waals surface area contributed by atoms with Gasteiger partial charge in [0.25, 0.3) is 0 Å². The number of hydrogen-bond acceptors (Lipinski definition) is 3. The first-order chi connectivity index (χ1) is 11.9. The van der Waals surface area contributed by atoms with Gasteiger partial charge in [0, 0.05) is 13.0 Å². The molecule has 2 aromatic carbocycles. The maximum atomic E-state index is 12.2. The summed E-state index contributed by atoms with van der Waals surface area (Å²) in [6.45, 7) is 8.39. The number of benzene rings is 2. The van der Waals surface area contributed by atoms with Crippen LogP contribution in [0.1, 0.15) is 31.4 Å². The second-order valence-electron chi connectivity index (χ2n) is 6.33. The van der Waals surface area contributed by atoms with Crippen molar-refractivity contribution in [2.75, 3.05) is 17.2 Å². The number of nitrogens with one attached hydrogen (secondary N) is 2. The Morgan fingerprint density at radius 3 is 2.60 bits per heavy atom. The average Bonchev–Trinajstić information content (AvgIpc) is 2.52. The van der Waals surface area contributed by atoms with E-state index in [0.29, 0.717) is 23.7 Å². The first-order valence-electron chi connectivity index (χ1n) is 8.43. The molecule has 134 valence electrons. The standard InChI is InChI=1S/C20H25ClN2O2/c1-13(2)25-18-8-6-5-7-17(18)22-10-9-19(24)23-20-15(4)11-14(3)12-16(20)21/h5-8,11-13,22H,9-10H2,1-4H3,(H,23,24). The van der Waals surface area contributed by atoms with Crippen LogP contribution in [0.4, 0.5) is 11.4 Å². The third-order valence-electron chi connectivity index (χ3n) is 3.61. The lowest BCUT2D eigenvalue weighted by molar-refractivity contribution is -0.115. The van der Waals surface area contributed by atoms with Gasteiger partial charge in [-0.15, -0.1) is 0 Å². The van der Waals surface area contributed by atoms with Crippen LogP contribution in [0.3, 0.4) is 0 Å². The summed E-state index contributed by atoms with van der Waals surface area (Å²) >= 11 is 6.23. The van der Waals surface area contributed by atoms with E-state index in [9.17, 15) is 4.79 Å². The molecule has 0 fully saturated rings. The van der Waals surface area contributed by atoms with Crippen molar-refractivity contribution in [2.45, 2.75) is 40.2 Å². The van der Waals surface area contributed by atoms with Crippen LogP contribution in [0.2, 0.25) is 5.02 Å². The molecular formula is C20H25ClN2O2. The Balaban J connectivity index is 1.92. The Hall–Kier alpha value is -2.20. The van der Waals surface area contributed by atoms with Crippen molar-refractivity contribution in [3.63, 3.8) is 0 Å². The highest BCUT2D eigenvalue weighted by Gasteiger charge is 2.10. The van der Waals surface area contributed by atoms with Crippen molar-refractivity contribution in [1.29, 1.82) is 0 Å². The molecular weight excluding hydrogens is 336 g/mol. The van der Waals surface area contributed by atoms with Crippen LogP contribution in [-0.2, 0) is 4.79 Å². The predicted octanol–water partition coefficient (Wildman–Crippen LogP) is 5.18. The minimum Gasteiger partial charge on any atom is -0.489 e. The quantitative estimate of drug-likeness (QED) is 0.714. The van der Waals surface area contributed by atoms with Crippen LogP contribution >= 0.6 is 11.6 Å². The van der Waals surface area contributed by atoms with E-state index < -0.39 is 0 Å². The minimum absolute atomic E-state index is 0.0800. The smallest absolute Gasteiger partial charge is 0.226 e. The highest BCUT2D eigenvalue weighted by atomic mass is 35.5. The summed E-state index contributed by atoms with van der Waals surface area (Å²) in [4.78, 5) is 12.2. The lowest BCUT2D eigenvalue weighted by Gasteiger charge is -2.15. The first-order valence-corrected chi connectivity index (χ1v) is 8.80. The summed E-state index contributed by atoms with van der Waals surface area (Å²) in [6, 6.07) is 11.6. The van der Waals surface area contributed by atoms with Crippen LogP contribution in [0.5, 0.6) is 5.75 Å². The first kappa shape index (κ1) is 19.1. The molecule has 4 nitrogen and oxygen atoms in total. The van der Waals surface area contributed by atoms with Crippen molar-refractivity contribution < 1.29 is 9.53 Å². The number of amides is 1. The second-order valence-corrected chi connectivity index (χ2v) is 6.73. The number of hydrogen-bond donors (Lipinski definition) is 2. The fourth-order valence-corrected chi connectivity index (χ4v) is 2.92. The zero-order chi connectivity index (χ0) is 18.4. The molecule has 0 saturated heterocycles. The summed E-state index contributed by atoms with van der Waals surface area (Å²) in [5, 5.41) is 6.72. The van der Waals surface area contributed by atoms with E-state index >= 15 is 0 Å². The number of ether oxygens (including phenoxy) is 1. The van der Waals surface area contributed by atoms with Gasteiger partial charge in [0.15, 0.2) is 0 Å². The van der Waals surface area contributed by atoms with E-state index in [-0.39, 0.29) is 12.0 Å². The van der Waals surface area contributed by atoms with Gasteiger partial charge in [0.2, 0.25) is 5.91 Å². The van der Waals surface area contributed by atoms with E-state index in [4.69, 9.17) is 16.3 Å². The second kappa shape index (κ2) is 8.77. The van der Waals surface area contributed by atoms with Crippen molar-refractivity contribution >= 4 is 28.9 Å². The molecule has 0 saturated carbocycles.